The van der Waals surface area contributed by atoms with E-state index in [0.717, 1.165) is 4.47 Å². The molecular weight excluding hydrogens is 329 g/mol. The first-order valence-electron chi connectivity index (χ1n) is 3.52. The summed E-state index contributed by atoms with van der Waals surface area (Å²) >= 11 is 6.36. The van der Waals surface area contributed by atoms with E-state index in [4.69, 9.17) is 0 Å². The molecule has 1 aromatic carbocycles. The second-order valence-electron chi connectivity index (χ2n) is 2.43. The van der Waals surface area contributed by atoms with Crippen LogP contribution in [0.15, 0.2) is 22.7 Å². The summed E-state index contributed by atoms with van der Waals surface area (Å²) in [6.07, 6.45) is -4.64. The fourth-order valence-corrected chi connectivity index (χ4v) is 2.08. The second-order valence-corrected chi connectivity index (χ2v) is 3.85. The van der Waals surface area contributed by atoms with Crippen LogP contribution >= 0.6 is 31.9 Å². The van der Waals surface area contributed by atoms with E-state index < -0.39 is 6.36 Å². The van der Waals surface area contributed by atoms with E-state index in [1.54, 1.807) is 0 Å². The first-order valence-corrected chi connectivity index (χ1v) is 5.44. The molecule has 1 aromatic rings. The van der Waals surface area contributed by atoms with Gasteiger partial charge < -0.3 is 4.74 Å². The number of ether oxygens (including phenoxy) is 1. The van der Waals surface area contributed by atoms with Crippen LogP contribution < -0.4 is 4.74 Å². The Morgan fingerprint density at radius 3 is 2.43 bits per heavy atom. The molecule has 0 spiro atoms. The van der Waals surface area contributed by atoms with Crippen molar-refractivity contribution in [3.05, 3.63) is 28.2 Å². The molecule has 0 aliphatic heterocycles. The Balaban J connectivity index is 2.90. The SMILES string of the molecule is FC(F)(F)Oc1ccc(Br)c(CBr)c1. The first-order chi connectivity index (χ1) is 6.42. The molecule has 0 saturated carbocycles. The highest BCUT2D eigenvalue weighted by Gasteiger charge is 2.31. The lowest BCUT2D eigenvalue weighted by Gasteiger charge is -2.10. The maximum Gasteiger partial charge on any atom is 0.573 e. The van der Waals surface area contributed by atoms with Gasteiger partial charge in [-0.15, -0.1) is 13.2 Å². The molecule has 0 aromatic heterocycles. The molecule has 78 valence electrons. The number of benzene rings is 1. The lowest BCUT2D eigenvalue weighted by Crippen LogP contribution is -2.17. The lowest BCUT2D eigenvalue weighted by atomic mass is 10.2. The summed E-state index contributed by atoms with van der Waals surface area (Å²) in [6.45, 7) is 0. The Labute approximate surface area is 95.5 Å². The van der Waals surface area contributed by atoms with Crippen LogP contribution in [0.4, 0.5) is 13.2 Å². The van der Waals surface area contributed by atoms with E-state index in [1.165, 1.54) is 18.2 Å². The molecule has 0 aliphatic rings. The molecule has 14 heavy (non-hydrogen) atoms. The quantitative estimate of drug-likeness (QED) is 0.735. The zero-order valence-corrected chi connectivity index (χ0v) is 9.91. The fourth-order valence-electron chi connectivity index (χ4n) is 0.851. The van der Waals surface area contributed by atoms with Gasteiger partial charge in [0.25, 0.3) is 0 Å². The van der Waals surface area contributed by atoms with Crippen molar-refractivity contribution >= 4 is 31.9 Å². The summed E-state index contributed by atoms with van der Waals surface area (Å²) in [5.41, 5.74) is 0.701. The third kappa shape index (κ3) is 3.49. The second kappa shape index (κ2) is 4.53. The molecule has 0 amide bonds. The van der Waals surface area contributed by atoms with Crippen molar-refractivity contribution in [1.82, 2.24) is 0 Å². The average Bonchev–Trinajstić information content (AvgIpc) is 2.06. The van der Waals surface area contributed by atoms with Crippen LogP contribution in [0.5, 0.6) is 5.75 Å². The Hall–Kier alpha value is -0.230. The minimum absolute atomic E-state index is 0.213. The van der Waals surface area contributed by atoms with Crippen LogP contribution in [0, 0.1) is 0 Å². The molecule has 0 radical (unpaired) electrons. The number of rotatable bonds is 2. The first kappa shape index (κ1) is 11.8. The van der Waals surface area contributed by atoms with Crippen molar-refractivity contribution in [2.24, 2.45) is 0 Å². The van der Waals surface area contributed by atoms with Crippen LogP contribution in [0.1, 0.15) is 5.56 Å². The molecule has 0 bridgehead atoms. The van der Waals surface area contributed by atoms with E-state index in [-0.39, 0.29) is 5.75 Å². The van der Waals surface area contributed by atoms with Gasteiger partial charge in [0.2, 0.25) is 0 Å². The molecule has 6 heteroatoms. The largest absolute Gasteiger partial charge is 0.573 e. The van der Waals surface area contributed by atoms with Crippen LogP contribution in [0.2, 0.25) is 0 Å². The Bertz CT molecular complexity index is 325. The van der Waals surface area contributed by atoms with Crippen LogP contribution in [-0.4, -0.2) is 6.36 Å². The smallest absolute Gasteiger partial charge is 0.406 e. The molecule has 0 fully saturated rings. The van der Waals surface area contributed by atoms with Gasteiger partial charge in [-0.05, 0) is 23.8 Å². The molecule has 0 saturated heterocycles. The van der Waals surface area contributed by atoms with Gasteiger partial charge in [0, 0.05) is 9.80 Å². The summed E-state index contributed by atoms with van der Waals surface area (Å²) in [6, 6.07) is 4.09. The lowest BCUT2D eigenvalue weighted by molar-refractivity contribution is -0.274. The zero-order chi connectivity index (χ0) is 10.8. The highest BCUT2D eigenvalue weighted by atomic mass is 79.9. The summed E-state index contributed by atoms with van der Waals surface area (Å²) in [5.74, 6) is -0.213. The number of alkyl halides is 4. The standard InChI is InChI=1S/C8H5Br2F3O/c9-4-5-3-6(1-2-7(5)10)14-8(11,12)13/h1-3H,4H2. The highest BCUT2D eigenvalue weighted by molar-refractivity contribution is 9.10. The van der Waals surface area contributed by atoms with Crippen LogP contribution in [-0.2, 0) is 5.33 Å². The van der Waals surface area contributed by atoms with Gasteiger partial charge in [0.05, 0.1) is 0 Å². The van der Waals surface area contributed by atoms with E-state index >= 15 is 0 Å². The maximum atomic E-state index is 11.8. The van der Waals surface area contributed by atoms with Gasteiger partial charge in [0.1, 0.15) is 5.75 Å². The number of hydrogen-bond donors (Lipinski definition) is 0. The molecule has 0 N–H and O–H groups in total. The summed E-state index contributed by atoms with van der Waals surface area (Å²) < 4.78 is 40.0. The van der Waals surface area contributed by atoms with Gasteiger partial charge in [-0.1, -0.05) is 31.9 Å². The van der Waals surface area contributed by atoms with Gasteiger partial charge in [0.15, 0.2) is 0 Å². The molecular formula is C8H5Br2F3O. The Kier molecular flexibility index (Phi) is 3.83. The summed E-state index contributed by atoms with van der Waals surface area (Å²) in [4.78, 5) is 0. The van der Waals surface area contributed by atoms with E-state index in [1.807, 2.05) is 0 Å². The van der Waals surface area contributed by atoms with Gasteiger partial charge >= 0.3 is 6.36 Å². The Morgan fingerprint density at radius 1 is 1.29 bits per heavy atom. The molecule has 0 atom stereocenters. The van der Waals surface area contributed by atoms with Crippen molar-refractivity contribution in [3.8, 4) is 5.75 Å². The fraction of sp³-hybridized carbons (Fsp3) is 0.250. The average molecular weight is 334 g/mol. The van der Waals surface area contributed by atoms with Crippen molar-refractivity contribution in [1.29, 1.82) is 0 Å². The third-order valence-electron chi connectivity index (χ3n) is 1.39. The van der Waals surface area contributed by atoms with Crippen molar-refractivity contribution < 1.29 is 17.9 Å². The predicted octanol–water partition coefficient (Wildman–Crippen LogP) is 4.24. The van der Waals surface area contributed by atoms with Crippen LogP contribution in [0.3, 0.4) is 0 Å². The monoisotopic (exact) mass is 332 g/mol. The number of halogens is 5. The van der Waals surface area contributed by atoms with Crippen molar-refractivity contribution in [2.75, 3.05) is 0 Å². The maximum absolute atomic E-state index is 11.8. The van der Waals surface area contributed by atoms with Crippen molar-refractivity contribution in [3.63, 3.8) is 0 Å². The normalized spacial score (nSPS) is 11.5. The van der Waals surface area contributed by atoms with E-state index in [2.05, 4.69) is 36.6 Å². The third-order valence-corrected chi connectivity index (χ3v) is 2.77. The minimum atomic E-state index is -4.64. The topological polar surface area (TPSA) is 9.23 Å². The predicted molar refractivity (Wildman–Crippen MR) is 53.5 cm³/mol. The van der Waals surface area contributed by atoms with Gasteiger partial charge in [-0.25, -0.2) is 0 Å². The van der Waals surface area contributed by atoms with Crippen molar-refractivity contribution in [2.45, 2.75) is 11.7 Å². The molecule has 0 unspecified atom stereocenters. The zero-order valence-electron chi connectivity index (χ0n) is 6.74. The summed E-state index contributed by atoms with van der Waals surface area (Å²) in [7, 11) is 0. The van der Waals surface area contributed by atoms with Gasteiger partial charge in [-0.3, -0.25) is 0 Å². The van der Waals surface area contributed by atoms with E-state index in [0.29, 0.717) is 10.9 Å². The number of hydrogen-bond acceptors (Lipinski definition) is 1. The molecule has 0 heterocycles. The molecule has 0 aliphatic carbocycles. The van der Waals surface area contributed by atoms with E-state index in [9.17, 15) is 13.2 Å². The highest BCUT2D eigenvalue weighted by Crippen LogP contribution is 2.28. The van der Waals surface area contributed by atoms with Gasteiger partial charge in [-0.2, -0.15) is 0 Å². The Morgan fingerprint density at radius 2 is 1.93 bits per heavy atom. The molecule has 1 nitrogen and oxygen atoms in total. The summed E-state index contributed by atoms with van der Waals surface area (Å²) in [5, 5.41) is 0.461. The van der Waals surface area contributed by atoms with Crippen LogP contribution in [0.25, 0.3) is 0 Å². The minimum Gasteiger partial charge on any atom is -0.406 e. The molecule has 1 rings (SSSR count).